The minimum Gasteiger partial charge on any atom is -0.423 e. The zero-order valence-corrected chi connectivity index (χ0v) is 19.3. The van der Waals surface area contributed by atoms with Crippen molar-refractivity contribution in [3.05, 3.63) is 72.8 Å². The van der Waals surface area contributed by atoms with Crippen molar-refractivity contribution in [2.45, 2.75) is 24.3 Å². The predicted molar refractivity (Wildman–Crippen MR) is 127 cm³/mol. The van der Waals surface area contributed by atoms with Gasteiger partial charge in [0.05, 0.1) is 37.2 Å². The highest BCUT2D eigenvalue weighted by Crippen LogP contribution is 2.36. The minimum atomic E-state index is -0.415. The third-order valence-electron chi connectivity index (χ3n) is 6.22. The molecule has 2 amide bonds. The molecule has 0 saturated carbocycles. The molecule has 2 saturated heterocycles. The average molecular weight is 499 g/mol. The molecule has 4 atom stereocenters. The molecule has 2 fully saturated rings. The number of hydrogen-bond acceptors (Lipinski definition) is 9. The van der Waals surface area contributed by atoms with Crippen molar-refractivity contribution in [2.24, 2.45) is 0 Å². The molecule has 13 nitrogen and oxygen atoms in total. The molecule has 4 heterocycles. The fraction of sp³-hybridized carbons (Fsp3) is 0.250. The van der Waals surface area contributed by atoms with Crippen LogP contribution in [0.25, 0.3) is 5.69 Å². The number of rotatable bonds is 6. The van der Waals surface area contributed by atoms with Crippen molar-refractivity contribution in [2.75, 3.05) is 18.5 Å². The average Bonchev–Trinajstić information content (AvgIpc) is 3.71. The highest BCUT2D eigenvalue weighted by Gasteiger charge is 2.50. The SMILES string of the molecule is N#Cc1cccc(NC(=O)NC2COC3C2OCC3n2nnnc2Oc2ccc(-n3ccnc3)cc2)c1. The van der Waals surface area contributed by atoms with Crippen LogP contribution in [0, 0.1) is 11.3 Å². The van der Waals surface area contributed by atoms with Gasteiger partial charge in [0.25, 0.3) is 0 Å². The first-order valence-electron chi connectivity index (χ1n) is 11.5. The van der Waals surface area contributed by atoms with Crippen molar-refractivity contribution >= 4 is 11.7 Å². The van der Waals surface area contributed by atoms with E-state index in [0.717, 1.165) is 5.69 Å². The van der Waals surface area contributed by atoms with Gasteiger partial charge in [0.2, 0.25) is 0 Å². The largest absolute Gasteiger partial charge is 0.423 e. The van der Waals surface area contributed by atoms with Gasteiger partial charge in [-0.05, 0) is 52.9 Å². The maximum Gasteiger partial charge on any atom is 0.341 e. The predicted octanol–water partition coefficient (Wildman–Crippen LogP) is 2.05. The summed E-state index contributed by atoms with van der Waals surface area (Å²) in [5.41, 5.74) is 1.92. The second kappa shape index (κ2) is 9.69. The lowest BCUT2D eigenvalue weighted by Crippen LogP contribution is -2.45. The van der Waals surface area contributed by atoms with E-state index in [9.17, 15) is 4.79 Å². The Labute approximate surface area is 210 Å². The number of nitrogens with zero attached hydrogens (tertiary/aromatic N) is 7. The van der Waals surface area contributed by atoms with E-state index < -0.39 is 6.03 Å². The molecule has 0 bridgehead atoms. The van der Waals surface area contributed by atoms with Gasteiger partial charge in [0.15, 0.2) is 0 Å². The number of hydrogen-bond donors (Lipinski definition) is 2. The van der Waals surface area contributed by atoms with Gasteiger partial charge in [-0.15, -0.1) is 0 Å². The molecule has 2 aromatic heterocycles. The lowest BCUT2D eigenvalue weighted by molar-refractivity contribution is 0.0613. The Kier molecular flexibility index (Phi) is 5.93. The van der Waals surface area contributed by atoms with Crippen LogP contribution in [0.1, 0.15) is 11.6 Å². The van der Waals surface area contributed by atoms with Crippen LogP contribution in [-0.2, 0) is 9.47 Å². The molecular weight excluding hydrogens is 478 g/mol. The molecule has 0 spiro atoms. The Balaban J connectivity index is 1.09. The highest BCUT2D eigenvalue weighted by molar-refractivity contribution is 5.89. The quantitative estimate of drug-likeness (QED) is 0.406. The molecule has 37 heavy (non-hydrogen) atoms. The number of imidazole rings is 1. The van der Waals surface area contributed by atoms with Crippen LogP contribution < -0.4 is 15.4 Å². The molecule has 2 aliphatic heterocycles. The first-order valence-corrected chi connectivity index (χ1v) is 11.5. The zero-order chi connectivity index (χ0) is 25.2. The second-order valence-electron chi connectivity index (χ2n) is 8.53. The van der Waals surface area contributed by atoms with Gasteiger partial charge in [-0.3, -0.25) is 0 Å². The van der Waals surface area contributed by atoms with Gasteiger partial charge in [0, 0.05) is 23.8 Å². The van der Waals surface area contributed by atoms with Crippen molar-refractivity contribution in [3.8, 4) is 23.5 Å². The number of benzene rings is 2. The number of aromatic nitrogens is 6. The van der Waals surface area contributed by atoms with E-state index in [0.29, 0.717) is 23.6 Å². The lowest BCUT2D eigenvalue weighted by Gasteiger charge is -2.18. The first-order chi connectivity index (χ1) is 18.2. The molecule has 2 N–H and O–H groups in total. The Hall–Kier alpha value is -4.80. The number of fused-ring (bicyclic) bond motifs is 1. The van der Waals surface area contributed by atoms with Crippen LogP contribution in [0.3, 0.4) is 0 Å². The second-order valence-corrected chi connectivity index (χ2v) is 8.53. The van der Waals surface area contributed by atoms with Crippen molar-refractivity contribution < 1.29 is 19.0 Å². The molecule has 186 valence electrons. The highest BCUT2D eigenvalue weighted by atomic mass is 16.6. The van der Waals surface area contributed by atoms with E-state index in [1.807, 2.05) is 41.1 Å². The van der Waals surface area contributed by atoms with Crippen molar-refractivity contribution in [1.29, 1.82) is 5.26 Å². The summed E-state index contributed by atoms with van der Waals surface area (Å²) in [5.74, 6) is 0.569. The molecular formula is C24H21N9O4. The summed E-state index contributed by atoms with van der Waals surface area (Å²) in [5, 5.41) is 26.6. The van der Waals surface area contributed by atoms with E-state index in [1.54, 1.807) is 41.5 Å². The molecule has 2 aliphatic rings. The fourth-order valence-corrected chi connectivity index (χ4v) is 4.48. The summed E-state index contributed by atoms with van der Waals surface area (Å²) in [6.07, 6.45) is 4.52. The summed E-state index contributed by atoms with van der Waals surface area (Å²) >= 11 is 0. The van der Waals surface area contributed by atoms with E-state index in [1.165, 1.54) is 0 Å². The monoisotopic (exact) mass is 499 g/mol. The number of nitriles is 1. The fourth-order valence-electron chi connectivity index (χ4n) is 4.48. The minimum absolute atomic E-state index is 0.208. The standard InChI is InChI=1S/C24H21N9O4/c25-11-15-2-1-3-16(10-15)27-23(34)28-19-12-35-22-20(13-36-21(19)22)33-24(29-30-31-33)37-18-6-4-17(5-7-18)32-9-8-26-14-32/h1-10,14,19-22H,12-13H2,(H2,27,28,34). The number of urea groups is 1. The molecule has 13 heteroatoms. The number of nitrogens with one attached hydrogen (secondary N) is 2. The Bertz CT molecular complexity index is 1430. The summed E-state index contributed by atoms with van der Waals surface area (Å²) in [6.45, 7) is 0.561. The van der Waals surface area contributed by atoms with Crippen LogP contribution in [0.4, 0.5) is 10.5 Å². The maximum absolute atomic E-state index is 12.5. The lowest BCUT2D eigenvalue weighted by atomic mass is 10.1. The summed E-state index contributed by atoms with van der Waals surface area (Å²) in [4.78, 5) is 16.6. The van der Waals surface area contributed by atoms with Crippen LogP contribution >= 0.6 is 0 Å². The Morgan fingerprint density at radius 2 is 2.00 bits per heavy atom. The van der Waals surface area contributed by atoms with E-state index in [-0.39, 0.29) is 36.9 Å². The van der Waals surface area contributed by atoms with Crippen LogP contribution in [0.5, 0.6) is 11.8 Å². The third kappa shape index (κ3) is 4.58. The number of amides is 2. The molecule has 4 unspecified atom stereocenters. The van der Waals surface area contributed by atoms with Gasteiger partial charge in [-0.1, -0.05) is 11.2 Å². The molecule has 0 radical (unpaired) electrons. The summed E-state index contributed by atoms with van der Waals surface area (Å²) in [7, 11) is 0. The normalized spacial score (nSPS) is 22.2. The third-order valence-corrected chi connectivity index (χ3v) is 6.22. The van der Waals surface area contributed by atoms with Gasteiger partial charge in [-0.25, -0.2) is 9.78 Å². The van der Waals surface area contributed by atoms with Crippen molar-refractivity contribution in [1.82, 2.24) is 35.1 Å². The van der Waals surface area contributed by atoms with Gasteiger partial charge in [-0.2, -0.15) is 9.94 Å². The molecule has 0 aliphatic carbocycles. The van der Waals surface area contributed by atoms with E-state index in [4.69, 9.17) is 19.5 Å². The number of anilines is 1. The zero-order valence-electron chi connectivity index (χ0n) is 19.3. The Morgan fingerprint density at radius 3 is 2.81 bits per heavy atom. The van der Waals surface area contributed by atoms with E-state index in [2.05, 4.69) is 31.1 Å². The smallest absolute Gasteiger partial charge is 0.341 e. The summed E-state index contributed by atoms with van der Waals surface area (Å²) < 4.78 is 21.3. The number of tetrazole rings is 1. The van der Waals surface area contributed by atoms with Crippen molar-refractivity contribution in [3.63, 3.8) is 0 Å². The van der Waals surface area contributed by atoms with Gasteiger partial charge in [0.1, 0.15) is 24.0 Å². The van der Waals surface area contributed by atoms with Gasteiger partial charge < -0.3 is 29.4 Å². The molecule has 2 aromatic carbocycles. The van der Waals surface area contributed by atoms with Crippen LogP contribution in [-0.4, -0.2) is 67.3 Å². The number of carbonyl (C=O) groups excluding carboxylic acids is 1. The topological polar surface area (TPSA) is 154 Å². The van der Waals surface area contributed by atoms with E-state index >= 15 is 0 Å². The van der Waals surface area contributed by atoms with Crippen LogP contribution in [0.15, 0.2) is 67.3 Å². The molecule has 6 rings (SSSR count). The first kappa shape index (κ1) is 22.7. The number of ether oxygens (including phenoxy) is 3. The molecule has 4 aromatic rings. The summed E-state index contributed by atoms with van der Waals surface area (Å²) in [6, 6.07) is 15.3. The number of carbonyl (C=O) groups is 1. The van der Waals surface area contributed by atoms with Crippen LogP contribution in [0.2, 0.25) is 0 Å². The maximum atomic E-state index is 12.5. The van der Waals surface area contributed by atoms with Gasteiger partial charge >= 0.3 is 12.0 Å². The Morgan fingerprint density at radius 1 is 1.14 bits per heavy atom.